The van der Waals surface area contributed by atoms with E-state index in [0.29, 0.717) is 6.42 Å². The number of esters is 1. The molecule has 0 bridgehead atoms. The first kappa shape index (κ1) is 48.4. The van der Waals surface area contributed by atoms with Crippen molar-refractivity contribution in [3.8, 4) is 5.75 Å². The van der Waals surface area contributed by atoms with Gasteiger partial charge in [0.05, 0.1) is 31.0 Å². The molecule has 0 heterocycles. The van der Waals surface area contributed by atoms with Crippen LogP contribution in [0.4, 0.5) is 13.2 Å². The maximum atomic E-state index is 13.5. The minimum Gasteiger partial charge on any atom is -0.491 e. The predicted molar refractivity (Wildman–Crippen MR) is 224 cm³/mol. The highest BCUT2D eigenvalue weighted by Gasteiger charge is 2.50. The molecule has 54 heavy (non-hydrogen) atoms. The Morgan fingerprint density at radius 1 is 0.833 bits per heavy atom. The van der Waals surface area contributed by atoms with E-state index in [4.69, 9.17) is 22.8 Å². The molecule has 0 amide bonds. The number of hydrogen-bond donors (Lipinski definition) is 0. The zero-order valence-electron chi connectivity index (χ0n) is 36.3. The Kier molecular flexibility index (Phi) is 16.8. The lowest BCUT2D eigenvalue weighted by atomic mass is 9.89. The number of allylic oxidation sites excluding steroid dienone is 2. The average Bonchev–Trinajstić information content (AvgIpc) is 3.31. The van der Waals surface area contributed by atoms with Gasteiger partial charge < -0.3 is 22.8 Å². The van der Waals surface area contributed by atoms with E-state index in [1.165, 1.54) is 13.2 Å². The van der Waals surface area contributed by atoms with E-state index in [9.17, 15) is 18.0 Å². The number of unbranched alkanes of at least 4 members (excludes halogenated alkanes) is 1. The van der Waals surface area contributed by atoms with Crippen LogP contribution in [0.3, 0.4) is 0 Å². The third kappa shape index (κ3) is 14.0. The second kappa shape index (κ2) is 18.7. The molecule has 0 aromatic heterocycles. The fourth-order valence-corrected chi connectivity index (χ4v) is 9.75. The number of carbonyl (C=O) groups excluding carboxylic acids is 1. The van der Waals surface area contributed by atoms with Crippen LogP contribution >= 0.6 is 0 Å². The van der Waals surface area contributed by atoms with Crippen LogP contribution in [-0.2, 0) is 29.0 Å². The smallest absolute Gasteiger partial charge is 0.416 e. The van der Waals surface area contributed by atoms with Gasteiger partial charge in [0, 0.05) is 12.3 Å². The molecule has 6 nitrogen and oxygen atoms in total. The lowest BCUT2D eigenvalue weighted by molar-refractivity contribution is -0.140. The van der Waals surface area contributed by atoms with Crippen molar-refractivity contribution in [2.45, 2.75) is 173 Å². The van der Waals surface area contributed by atoms with Crippen LogP contribution in [0.1, 0.15) is 100.0 Å². The maximum absolute atomic E-state index is 13.5. The summed E-state index contributed by atoms with van der Waals surface area (Å²) in [5.41, 5.74) is -0.747. The summed E-state index contributed by atoms with van der Waals surface area (Å²) >= 11 is 0. The molecule has 0 saturated heterocycles. The van der Waals surface area contributed by atoms with Crippen LogP contribution in [0.2, 0.25) is 54.4 Å². The zero-order chi connectivity index (χ0) is 41.6. The molecule has 310 valence electrons. The van der Waals surface area contributed by atoms with Gasteiger partial charge >= 0.3 is 12.1 Å². The summed E-state index contributed by atoms with van der Waals surface area (Å²) in [6.07, 6.45) is 7.01. The number of alkyl halides is 3. The summed E-state index contributed by atoms with van der Waals surface area (Å²) in [4.78, 5) is 11.7. The average molecular weight is 815 g/mol. The largest absolute Gasteiger partial charge is 0.491 e. The van der Waals surface area contributed by atoms with Crippen molar-refractivity contribution in [1.29, 1.82) is 0 Å². The van der Waals surface area contributed by atoms with Crippen molar-refractivity contribution in [2.24, 2.45) is 11.8 Å². The van der Waals surface area contributed by atoms with E-state index in [-0.39, 0.29) is 57.5 Å². The minimum atomic E-state index is -4.47. The molecular formula is C42H73F3O6Si3. The molecule has 1 aliphatic carbocycles. The molecule has 0 spiro atoms. The maximum Gasteiger partial charge on any atom is 0.416 e. The molecular weight excluding hydrogens is 742 g/mol. The predicted octanol–water partition coefficient (Wildman–Crippen LogP) is 12.7. The lowest BCUT2D eigenvalue weighted by Gasteiger charge is -2.40. The van der Waals surface area contributed by atoms with E-state index >= 15 is 0 Å². The Bertz CT molecular complexity index is 1400. The highest BCUT2D eigenvalue weighted by atomic mass is 28.4. The van der Waals surface area contributed by atoms with Gasteiger partial charge in [0.25, 0.3) is 0 Å². The van der Waals surface area contributed by atoms with Gasteiger partial charge in [-0.25, -0.2) is 0 Å². The van der Waals surface area contributed by atoms with Gasteiger partial charge in [-0.2, -0.15) is 13.2 Å². The Labute approximate surface area is 329 Å². The highest BCUT2D eigenvalue weighted by molar-refractivity contribution is 6.75. The fraction of sp³-hybridized carbons (Fsp3) is 0.738. The van der Waals surface area contributed by atoms with Crippen molar-refractivity contribution in [2.75, 3.05) is 13.7 Å². The summed E-state index contributed by atoms with van der Waals surface area (Å²) < 4.78 is 72.9. The highest BCUT2D eigenvalue weighted by Crippen LogP contribution is 2.48. The number of benzene rings is 1. The molecule has 1 saturated carbocycles. The van der Waals surface area contributed by atoms with Gasteiger partial charge in [-0.15, -0.1) is 0 Å². The number of ether oxygens (including phenoxy) is 2. The van der Waals surface area contributed by atoms with Crippen LogP contribution in [0.15, 0.2) is 48.6 Å². The fourth-order valence-electron chi connectivity index (χ4n) is 5.75. The minimum absolute atomic E-state index is 0.00144. The van der Waals surface area contributed by atoms with E-state index < -0.39 is 42.8 Å². The monoisotopic (exact) mass is 814 g/mol. The Morgan fingerprint density at radius 2 is 1.39 bits per heavy atom. The number of rotatable bonds is 17. The molecule has 5 atom stereocenters. The van der Waals surface area contributed by atoms with Gasteiger partial charge in [-0.3, -0.25) is 4.79 Å². The van der Waals surface area contributed by atoms with E-state index in [2.05, 4.69) is 126 Å². The van der Waals surface area contributed by atoms with Crippen LogP contribution in [0.25, 0.3) is 0 Å². The van der Waals surface area contributed by atoms with Crippen LogP contribution < -0.4 is 4.74 Å². The quantitative estimate of drug-likeness (QED) is 0.0675. The second-order valence-electron chi connectivity index (χ2n) is 19.6. The third-order valence-electron chi connectivity index (χ3n) is 12.3. The van der Waals surface area contributed by atoms with Gasteiger partial charge in [0.15, 0.2) is 25.0 Å². The second-order valence-corrected chi connectivity index (χ2v) is 33.9. The standard InChI is InChI=1S/C42H73F3O6Si3/c1-39(2,3)52(11,12)49-33(30-48-32-23-21-22-31(28-32)42(43,44)45)26-27-35-34(24-19-17-18-20-25-38(46)47-10)36(50-53(13,14)40(4,5)6)29-37(35)51-54(15,16)41(7,8)9/h17,19,21-23,26-28,33-37H,18,20,24-25,29-30H2,1-16H3/b19-17-,27-26+/t33?,34-,35-,36+,37-/m1/s1. The van der Waals surface area contributed by atoms with Gasteiger partial charge in [-0.1, -0.05) is 92.7 Å². The Balaban J connectivity index is 2.62. The van der Waals surface area contributed by atoms with Crippen LogP contribution in [0, 0.1) is 11.8 Å². The normalized spacial score (nSPS) is 21.6. The summed E-state index contributed by atoms with van der Waals surface area (Å²) in [5, 5.41) is -0.0742. The molecule has 1 aromatic rings. The summed E-state index contributed by atoms with van der Waals surface area (Å²) in [6, 6.07) is 5.02. The first-order valence-electron chi connectivity index (χ1n) is 19.7. The van der Waals surface area contributed by atoms with Crippen molar-refractivity contribution < 1.29 is 40.7 Å². The lowest BCUT2D eigenvalue weighted by Crippen LogP contribution is -2.45. The first-order valence-corrected chi connectivity index (χ1v) is 28.4. The molecule has 0 radical (unpaired) electrons. The van der Waals surface area contributed by atoms with Crippen molar-refractivity contribution >= 4 is 30.9 Å². The number of carbonyl (C=O) groups is 1. The molecule has 1 aliphatic rings. The molecule has 1 unspecified atom stereocenters. The van der Waals surface area contributed by atoms with E-state index in [0.717, 1.165) is 37.8 Å². The van der Waals surface area contributed by atoms with Gasteiger partial charge in [0.1, 0.15) is 12.4 Å². The summed E-state index contributed by atoms with van der Waals surface area (Å²) in [6.45, 7) is 33.7. The first-order chi connectivity index (χ1) is 24.4. The molecule has 1 aromatic carbocycles. The summed E-state index contributed by atoms with van der Waals surface area (Å²) in [7, 11) is -5.30. The molecule has 12 heteroatoms. The molecule has 0 aliphatic heterocycles. The van der Waals surface area contributed by atoms with Gasteiger partial charge in [0.2, 0.25) is 0 Å². The molecule has 0 N–H and O–H groups in total. The Morgan fingerprint density at radius 3 is 1.91 bits per heavy atom. The van der Waals surface area contributed by atoms with E-state index in [1.807, 2.05) is 0 Å². The number of methoxy groups -OCH3 is 1. The molecule has 2 rings (SSSR count). The third-order valence-corrected chi connectivity index (χ3v) is 25.8. The van der Waals surface area contributed by atoms with Crippen molar-refractivity contribution in [1.82, 2.24) is 0 Å². The zero-order valence-corrected chi connectivity index (χ0v) is 39.3. The van der Waals surface area contributed by atoms with E-state index in [1.54, 1.807) is 6.07 Å². The van der Waals surface area contributed by atoms with Gasteiger partial charge in [-0.05, 0) is 104 Å². The number of hydrogen-bond acceptors (Lipinski definition) is 6. The molecule has 1 fully saturated rings. The Hall–Kier alpha value is -1.71. The number of halogens is 3. The van der Waals surface area contributed by atoms with Crippen LogP contribution in [0.5, 0.6) is 5.75 Å². The van der Waals surface area contributed by atoms with Crippen molar-refractivity contribution in [3.63, 3.8) is 0 Å². The SMILES string of the molecule is COC(=O)CCC/C=C\C[C@@H]1[C@@H](/C=C/C(COc2cccc(C(F)(F)F)c2)O[Si](C)(C)C(C)(C)C)[C@H](O[Si](C)(C)C(C)(C)C)C[C@@H]1O[Si](C)(C)C(C)(C)C. The van der Waals surface area contributed by atoms with Crippen molar-refractivity contribution in [3.05, 3.63) is 54.1 Å². The van der Waals surface area contributed by atoms with Crippen LogP contribution in [-0.4, -0.2) is 63.0 Å². The topological polar surface area (TPSA) is 63.2 Å². The summed E-state index contributed by atoms with van der Waals surface area (Å²) in [5.74, 6) is 0.0528.